The molecule has 40 heavy (non-hydrogen) atoms. The number of carbonyl (C=O) groups excluding carboxylic acids is 1. The zero-order valence-corrected chi connectivity index (χ0v) is 23.9. The molecule has 1 unspecified atom stereocenters. The van der Waals surface area contributed by atoms with E-state index in [0.717, 1.165) is 79.1 Å². The molecule has 3 aliphatic rings. The summed E-state index contributed by atoms with van der Waals surface area (Å²) >= 11 is 7.54. The number of aliphatic hydroxyl groups excluding tert-OH is 1. The Kier molecular flexibility index (Phi) is 8.32. The van der Waals surface area contributed by atoms with Crippen LogP contribution < -0.4 is 5.32 Å². The van der Waals surface area contributed by atoms with Crippen LogP contribution in [-0.4, -0.2) is 87.1 Å². The van der Waals surface area contributed by atoms with Gasteiger partial charge in [-0.15, -0.1) is 11.3 Å². The van der Waals surface area contributed by atoms with Crippen LogP contribution in [0.5, 0.6) is 0 Å². The molecule has 1 saturated carbocycles. The van der Waals surface area contributed by atoms with Gasteiger partial charge in [0.2, 0.25) is 5.91 Å². The average molecular weight is 585 g/mol. The van der Waals surface area contributed by atoms with Gasteiger partial charge in [0.25, 0.3) is 0 Å². The van der Waals surface area contributed by atoms with Crippen LogP contribution in [0.15, 0.2) is 36.7 Å². The van der Waals surface area contributed by atoms with Crippen molar-refractivity contribution >= 4 is 50.6 Å². The van der Waals surface area contributed by atoms with E-state index in [4.69, 9.17) is 11.6 Å². The lowest BCUT2D eigenvalue weighted by Gasteiger charge is -2.42. The maximum atomic E-state index is 13.6. The summed E-state index contributed by atoms with van der Waals surface area (Å²) in [5.41, 5.74) is 1.81. The molecule has 1 amide bonds. The minimum atomic E-state index is -0.468. The van der Waals surface area contributed by atoms with Gasteiger partial charge in [-0.1, -0.05) is 30.5 Å². The van der Waals surface area contributed by atoms with E-state index in [-0.39, 0.29) is 17.0 Å². The van der Waals surface area contributed by atoms with E-state index in [1.54, 1.807) is 23.5 Å². The summed E-state index contributed by atoms with van der Waals surface area (Å²) in [7, 11) is 0. The number of hydrogen-bond donors (Lipinski definition) is 2. The van der Waals surface area contributed by atoms with Crippen molar-refractivity contribution in [3.8, 4) is 0 Å². The summed E-state index contributed by atoms with van der Waals surface area (Å²) in [6.07, 6.45) is 10.1. The van der Waals surface area contributed by atoms with Crippen LogP contribution in [0.3, 0.4) is 0 Å². The van der Waals surface area contributed by atoms with E-state index in [1.165, 1.54) is 24.9 Å². The monoisotopic (exact) mass is 584 g/mol. The van der Waals surface area contributed by atoms with Crippen molar-refractivity contribution in [3.63, 3.8) is 0 Å². The van der Waals surface area contributed by atoms with Gasteiger partial charge in [-0.25, -0.2) is 14.4 Å². The molecule has 0 bridgehead atoms. The van der Waals surface area contributed by atoms with E-state index in [0.29, 0.717) is 30.6 Å². The topological polar surface area (TPSA) is 84.8 Å². The summed E-state index contributed by atoms with van der Waals surface area (Å²) in [4.78, 5) is 30.6. The van der Waals surface area contributed by atoms with Crippen LogP contribution in [0.2, 0.25) is 5.02 Å². The highest BCUT2D eigenvalue weighted by atomic mass is 35.5. The van der Waals surface area contributed by atoms with Gasteiger partial charge in [0.05, 0.1) is 23.1 Å². The number of aliphatic hydroxyl groups is 1. The molecule has 2 N–H and O–H groups in total. The number of fused-ring (bicyclic) bond motifs is 3. The van der Waals surface area contributed by atoms with Crippen molar-refractivity contribution in [2.24, 2.45) is 0 Å². The molecule has 2 fully saturated rings. The normalized spacial score (nSPS) is 22.6. The van der Waals surface area contributed by atoms with Crippen LogP contribution in [0.1, 0.15) is 36.1 Å². The molecule has 2 atom stereocenters. The molecule has 1 aromatic carbocycles. The number of benzene rings is 1. The molecule has 0 radical (unpaired) electrons. The first-order valence-corrected chi connectivity index (χ1v) is 15.2. The highest BCUT2D eigenvalue weighted by Crippen LogP contribution is 2.38. The van der Waals surface area contributed by atoms with Crippen molar-refractivity contribution in [2.75, 3.05) is 44.6 Å². The number of piperazine rings is 1. The molecule has 4 heterocycles. The Morgan fingerprint density at radius 2 is 2.00 bits per heavy atom. The zero-order valence-electron chi connectivity index (χ0n) is 22.4. The Labute approximate surface area is 242 Å². The van der Waals surface area contributed by atoms with Gasteiger partial charge < -0.3 is 15.3 Å². The first-order chi connectivity index (χ1) is 19.5. The highest BCUT2D eigenvalue weighted by Gasteiger charge is 2.31. The third kappa shape index (κ3) is 5.87. The molecular weight excluding hydrogens is 551 g/mol. The number of amides is 1. The lowest BCUT2D eigenvalue weighted by Crippen LogP contribution is -2.54. The van der Waals surface area contributed by atoms with Gasteiger partial charge in [0, 0.05) is 62.0 Å². The predicted octanol–water partition coefficient (Wildman–Crippen LogP) is 4.59. The van der Waals surface area contributed by atoms with Gasteiger partial charge >= 0.3 is 0 Å². The molecule has 2 aromatic heterocycles. The van der Waals surface area contributed by atoms with Gasteiger partial charge in [0.15, 0.2) is 0 Å². The maximum Gasteiger partial charge on any atom is 0.246 e. The fourth-order valence-electron chi connectivity index (χ4n) is 6.12. The summed E-state index contributed by atoms with van der Waals surface area (Å²) < 4.78 is 13.6. The van der Waals surface area contributed by atoms with Gasteiger partial charge in [-0.05, 0) is 43.0 Å². The van der Waals surface area contributed by atoms with Crippen LogP contribution in [0.4, 0.5) is 15.9 Å². The van der Waals surface area contributed by atoms with Crippen molar-refractivity contribution in [1.82, 2.24) is 24.7 Å². The summed E-state index contributed by atoms with van der Waals surface area (Å²) in [5, 5.41) is 14.6. The molecule has 6 rings (SSSR count). The molecule has 3 aromatic rings. The van der Waals surface area contributed by atoms with E-state index >= 15 is 0 Å². The molecule has 0 spiro atoms. The van der Waals surface area contributed by atoms with Crippen LogP contribution in [0.25, 0.3) is 10.2 Å². The molecule has 1 aliphatic carbocycles. The fourth-order valence-corrected chi connectivity index (χ4v) is 7.51. The Bertz CT molecular complexity index is 1410. The van der Waals surface area contributed by atoms with E-state index < -0.39 is 5.82 Å². The Morgan fingerprint density at radius 1 is 1.18 bits per heavy atom. The Hall–Kier alpha value is -2.63. The van der Waals surface area contributed by atoms with Crippen molar-refractivity contribution < 1.29 is 14.3 Å². The van der Waals surface area contributed by atoms with E-state index in [2.05, 4.69) is 25.1 Å². The SMILES string of the molecule is O=C(C=CCN1CCN(C2CCCC[C@H]2O)CC1)N1CCc2c(sc3ncnc(Nc4ccc(F)c(Cl)c4)c23)C1. The molecule has 8 nitrogen and oxygen atoms in total. The number of aromatic nitrogens is 2. The number of nitrogens with zero attached hydrogens (tertiary/aromatic N) is 5. The zero-order chi connectivity index (χ0) is 27.6. The standard InChI is InChI=1S/C29H34ClFN6O2S/c30-21-16-19(7-8-22(21)31)34-28-27-20-9-11-37(17-25(20)40-29(27)33-18-32-28)26(39)6-3-10-35-12-14-36(15-13-35)23-4-1-2-5-24(23)38/h3,6-8,16,18,23-24,38H,1-2,4-5,9-15,17H2,(H,32,33,34)/t23?,24-/m1/s1. The highest BCUT2D eigenvalue weighted by molar-refractivity contribution is 7.19. The molecule has 11 heteroatoms. The van der Waals surface area contributed by atoms with Gasteiger partial charge in [-0.2, -0.15) is 0 Å². The van der Waals surface area contributed by atoms with Crippen LogP contribution in [-0.2, 0) is 17.8 Å². The number of carbonyl (C=O) groups is 1. The number of hydrogen-bond acceptors (Lipinski definition) is 8. The minimum absolute atomic E-state index is 0.0254. The lowest BCUT2D eigenvalue weighted by atomic mass is 9.91. The number of halogens is 2. The number of nitrogens with one attached hydrogen (secondary N) is 1. The van der Waals surface area contributed by atoms with Crippen molar-refractivity contribution in [1.29, 1.82) is 0 Å². The fraction of sp³-hybridized carbons (Fsp3) is 0.483. The van der Waals surface area contributed by atoms with Crippen LogP contribution >= 0.6 is 22.9 Å². The number of rotatable bonds is 6. The third-order valence-electron chi connectivity index (χ3n) is 8.32. The Balaban J connectivity index is 1.05. The summed E-state index contributed by atoms with van der Waals surface area (Å²) in [6, 6.07) is 4.80. The Morgan fingerprint density at radius 3 is 2.80 bits per heavy atom. The maximum absolute atomic E-state index is 13.6. The van der Waals surface area contributed by atoms with E-state index in [9.17, 15) is 14.3 Å². The van der Waals surface area contributed by atoms with Gasteiger partial charge in [-0.3, -0.25) is 14.6 Å². The van der Waals surface area contributed by atoms with Crippen molar-refractivity contribution in [2.45, 2.75) is 50.8 Å². The predicted molar refractivity (Wildman–Crippen MR) is 157 cm³/mol. The number of anilines is 2. The molecule has 2 aliphatic heterocycles. The second-order valence-electron chi connectivity index (χ2n) is 10.8. The summed E-state index contributed by atoms with van der Waals surface area (Å²) in [5.74, 6) is 0.213. The minimum Gasteiger partial charge on any atom is -0.391 e. The average Bonchev–Trinajstić information content (AvgIpc) is 3.34. The first kappa shape index (κ1) is 27.5. The largest absolute Gasteiger partial charge is 0.391 e. The summed E-state index contributed by atoms with van der Waals surface area (Å²) in [6.45, 7) is 5.78. The smallest absolute Gasteiger partial charge is 0.246 e. The molecular formula is C29H34ClFN6O2S. The first-order valence-electron chi connectivity index (χ1n) is 14.0. The second kappa shape index (κ2) is 12.1. The van der Waals surface area contributed by atoms with Gasteiger partial charge in [0.1, 0.15) is 22.8 Å². The lowest BCUT2D eigenvalue weighted by molar-refractivity contribution is -0.126. The van der Waals surface area contributed by atoms with Crippen LogP contribution in [0, 0.1) is 5.82 Å². The molecule has 212 valence electrons. The third-order valence-corrected chi connectivity index (χ3v) is 9.74. The molecule has 1 saturated heterocycles. The van der Waals surface area contributed by atoms with Crippen molar-refractivity contribution in [3.05, 3.63) is 58.0 Å². The second-order valence-corrected chi connectivity index (χ2v) is 12.3. The quantitative estimate of drug-likeness (QED) is 0.410. The van der Waals surface area contributed by atoms with E-state index in [1.807, 2.05) is 11.0 Å². The number of thiophene rings is 1.